The fourth-order valence-electron chi connectivity index (χ4n) is 1.16. The summed E-state index contributed by atoms with van der Waals surface area (Å²) in [5, 5.41) is 0. The number of rotatable bonds is 3. The van der Waals surface area contributed by atoms with Crippen molar-refractivity contribution in [1.29, 1.82) is 0 Å². The molecule has 0 bridgehead atoms. The molecule has 0 saturated carbocycles. The van der Waals surface area contributed by atoms with E-state index in [1.165, 1.54) is 10.8 Å². The number of hydrogen-bond acceptors (Lipinski definition) is 1. The van der Waals surface area contributed by atoms with Gasteiger partial charge in [-0.05, 0) is 25.5 Å². The second-order valence-electron chi connectivity index (χ2n) is 3.73. The Hall–Kier alpha value is 0.01000. The number of hydrogen-bond donors (Lipinski definition) is 0. The monoisotopic (exact) mass is 278 g/mol. The van der Waals surface area contributed by atoms with Gasteiger partial charge in [-0.15, -0.1) is 0 Å². The number of aryl methyl sites for hydroxylation is 1. The maximum Gasteiger partial charge on any atom is 0.109 e. The van der Waals surface area contributed by atoms with Crippen molar-refractivity contribution in [1.82, 2.24) is 0 Å². The van der Waals surface area contributed by atoms with Crippen LogP contribution >= 0.6 is 22.6 Å². The fraction of sp³-hybridized carbons (Fsp3) is 0.600. The number of furan rings is 1. The Morgan fingerprint density at radius 1 is 1.42 bits per heavy atom. The summed E-state index contributed by atoms with van der Waals surface area (Å²) < 4.78 is 6.77. The second kappa shape index (κ2) is 3.81. The molecule has 0 fully saturated rings. The Morgan fingerprint density at radius 2 is 2.08 bits per heavy atom. The van der Waals surface area contributed by atoms with Crippen LogP contribution in [0.2, 0.25) is 0 Å². The van der Waals surface area contributed by atoms with Crippen molar-refractivity contribution in [2.75, 3.05) is 4.43 Å². The minimum Gasteiger partial charge on any atom is -0.466 e. The lowest BCUT2D eigenvalue weighted by atomic mass is 9.88. The van der Waals surface area contributed by atoms with Crippen LogP contribution in [0, 0.1) is 6.92 Å². The van der Waals surface area contributed by atoms with Crippen LogP contribution in [0.15, 0.2) is 16.5 Å². The normalized spacial score (nSPS) is 12.0. The Morgan fingerprint density at radius 3 is 2.50 bits per heavy atom. The van der Waals surface area contributed by atoms with E-state index in [1.807, 2.05) is 13.0 Å². The Balaban J connectivity index is 2.81. The smallest absolute Gasteiger partial charge is 0.109 e. The van der Waals surface area contributed by atoms with E-state index in [2.05, 4.69) is 42.5 Å². The average Bonchev–Trinajstić information content (AvgIpc) is 2.36. The highest BCUT2D eigenvalue weighted by Gasteiger charge is 2.22. The second-order valence-corrected chi connectivity index (χ2v) is 4.81. The van der Waals surface area contributed by atoms with Crippen molar-refractivity contribution in [3.05, 3.63) is 23.7 Å². The summed E-state index contributed by atoms with van der Waals surface area (Å²) in [6.07, 6.45) is 1.17. The molecule has 0 unspecified atom stereocenters. The van der Waals surface area contributed by atoms with E-state index in [-0.39, 0.29) is 5.41 Å². The van der Waals surface area contributed by atoms with Gasteiger partial charge in [-0.3, -0.25) is 0 Å². The Bertz CT molecular complexity index is 250. The molecule has 12 heavy (non-hydrogen) atoms. The zero-order chi connectivity index (χ0) is 9.19. The molecule has 1 aromatic heterocycles. The molecule has 0 saturated heterocycles. The van der Waals surface area contributed by atoms with Crippen LogP contribution in [0.4, 0.5) is 0 Å². The van der Waals surface area contributed by atoms with E-state index in [9.17, 15) is 0 Å². The lowest BCUT2D eigenvalue weighted by molar-refractivity contribution is 0.368. The van der Waals surface area contributed by atoms with Gasteiger partial charge in [0.05, 0.1) is 0 Å². The van der Waals surface area contributed by atoms with Gasteiger partial charge in [0, 0.05) is 9.84 Å². The number of halogens is 1. The van der Waals surface area contributed by atoms with Crippen LogP contribution < -0.4 is 0 Å². The van der Waals surface area contributed by atoms with E-state index < -0.39 is 0 Å². The van der Waals surface area contributed by atoms with Crippen LogP contribution in [0.1, 0.15) is 31.8 Å². The molecule has 1 nitrogen and oxygen atoms in total. The molecule has 0 N–H and O–H groups in total. The molecule has 68 valence electrons. The quantitative estimate of drug-likeness (QED) is 0.607. The first-order chi connectivity index (χ1) is 5.56. The van der Waals surface area contributed by atoms with Gasteiger partial charge in [0.15, 0.2) is 0 Å². The van der Waals surface area contributed by atoms with Crippen molar-refractivity contribution in [2.45, 2.75) is 32.6 Å². The molecule has 1 rings (SSSR count). The van der Waals surface area contributed by atoms with Crippen LogP contribution in [0.3, 0.4) is 0 Å². The fourth-order valence-corrected chi connectivity index (χ4v) is 2.51. The van der Waals surface area contributed by atoms with Gasteiger partial charge in [-0.25, -0.2) is 0 Å². The Labute approximate surface area is 87.7 Å². The molecule has 2 heteroatoms. The molecule has 0 amide bonds. The Kier molecular flexibility index (Phi) is 3.21. The van der Waals surface area contributed by atoms with Gasteiger partial charge >= 0.3 is 0 Å². The highest BCUT2D eigenvalue weighted by atomic mass is 127. The molecule has 0 aliphatic heterocycles. The van der Waals surface area contributed by atoms with Gasteiger partial charge in [0.1, 0.15) is 11.5 Å². The van der Waals surface area contributed by atoms with E-state index >= 15 is 0 Å². The third kappa shape index (κ3) is 2.25. The van der Waals surface area contributed by atoms with E-state index in [1.54, 1.807) is 0 Å². The topological polar surface area (TPSA) is 13.1 Å². The zero-order valence-corrected chi connectivity index (χ0v) is 10.0. The molecule has 0 spiro atoms. The first-order valence-corrected chi connectivity index (χ1v) is 5.72. The van der Waals surface area contributed by atoms with Crippen molar-refractivity contribution in [2.24, 2.45) is 0 Å². The largest absolute Gasteiger partial charge is 0.466 e. The lowest BCUT2D eigenvalue weighted by Gasteiger charge is -2.20. The summed E-state index contributed by atoms with van der Waals surface area (Å²) in [5.74, 6) is 2.11. The van der Waals surface area contributed by atoms with Gasteiger partial charge in [0.25, 0.3) is 0 Å². The summed E-state index contributed by atoms with van der Waals surface area (Å²) >= 11 is 2.40. The highest BCUT2D eigenvalue weighted by Crippen LogP contribution is 2.28. The van der Waals surface area contributed by atoms with Crippen molar-refractivity contribution in [3.63, 3.8) is 0 Å². The predicted octanol–water partition coefficient (Wildman–Crippen LogP) is 3.69. The van der Waals surface area contributed by atoms with Gasteiger partial charge < -0.3 is 4.42 Å². The summed E-state index contributed by atoms with van der Waals surface area (Å²) in [6.45, 7) is 6.44. The summed E-state index contributed by atoms with van der Waals surface area (Å²) in [7, 11) is 0. The van der Waals surface area contributed by atoms with E-state index in [0.29, 0.717) is 0 Å². The average molecular weight is 278 g/mol. The predicted molar refractivity (Wildman–Crippen MR) is 60.0 cm³/mol. The van der Waals surface area contributed by atoms with Crippen LogP contribution in [-0.2, 0) is 5.41 Å². The molecule has 0 aromatic carbocycles. The molecular weight excluding hydrogens is 263 g/mol. The van der Waals surface area contributed by atoms with Gasteiger partial charge in [-0.2, -0.15) is 0 Å². The van der Waals surface area contributed by atoms with Gasteiger partial charge in [0.2, 0.25) is 0 Å². The summed E-state index contributed by atoms with van der Waals surface area (Å²) in [6, 6.07) is 4.12. The van der Waals surface area contributed by atoms with Crippen LogP contribution in [0.5, 0.6) is 0 Å². The minimum atomic E-state index is 0.190. The first-order valence-electron chi connectivity index (χ1n) is 4.19. The minimum absolute atomic E-state index is 0.190. The molecule has 0 radical (unpaired) electrons. The third-order valence-corrected chi connectivity index (χ3v) is 2.67. The van der Waals surface area contributed by atoms with E-state index in [4.69, 9.17) is 4.42 Å². The maximum absolute atomic E-state index is 5.60. The van der Waals surface area contributed by atoms with Crippen LogP contribution in [0.25, 0.3) is 0 Å². The first kappa shape index (κ1) is 10.1. The van der Waals surface area contributed by atoms with Crippen molar-refractivity contribution in [3.8, 4) is 0 Å². The molecule has 0 aliphatic carbocycles. The third-order valence-electron chi connectivity index (χ3n) is 2.13. The lowest BCUT2D eigenvalue weighted by Crippen LogP contribution is -2.16. The molecule has 0 atom stereocenters. The molecule has 1 heterocycles. The number of alkyl halides is 1. The van der Waals surface area contributed by atoms with Crippen LogP contribution in [-0.4, -0.2) is 4.43 Å². The zero-order valence-electron chi connectivity index (χ0n) is 7.86. The van der Waals surface area contributed by atoms with Crippen molar-refractivity contribution < 1.29 is 4.42 Å². The summed E-state index contributed by atoms with van der Waals surface area (Å²) in [4.78, 5) is 0. The molecule has 0 aliphatic rings. The van der Waals surface area contributed by atoms with Gasteiger partial charge in [-0.1, -0.05) is 36.4 Å². The molecular formula is C10H15IO. The maximum atomic E-state index is 5.60. The molecule has 1 aromatic rings. The van der Waals surface area contributed by atoms with Crippen molar-refractivity contribution >= 4 is 22.6 Å². The summed E-state index contributed by atoms with van der Waals surface area (Å²) in [5.41, 5.74) is 0.190. The standard InChI is InChI=1S/C10H15IO/c1-8-4-5-9(12-8)10(2,3)6-7-11/h4-5H,6-7H2,1-3H3. The van der Waals surface area contributed by atoms with E-state index in [0.717, 1.165) is 11.5 Å². The SMILES string of the molecule is Cc1ccc(C(C)(C)CCI)o1. The highest BCUT2D eigenvalue weighted by molar-refractivity contribution is 14.1.